The van der Waals surface area contributed by atoms with E-state index < -0.39 is 0 Å². The van der Waals surface area contributed by atoms with Gasteiger partial charge in [0.25, 0.3) is 0 Å². The Morgan fingerprint density at radius 3 is 1.73 bits per heavy atom. The lowest BCUT2D eigenvalue weighted by Crippen LogP contribution is -2.25. The molecule has 0 amide bonds. The molecule has 0 saturated heterocycles. The van der Waals surface area contributed by atoms with E-state index in [4.69, 9.17) is 0 Å². The van der Waals surface area contributed by atoms with E-state index in [1.54, 1.807) is 0 Å². The molecule has 0 N–H and O–H groups in total. The van der Waals surface area contributed by atoms with Gasteiger partial charge in [-0.1, -0.05) is 13.8 Å². The molecule has 0 unspecified atom stereocenters. The Hall–Kier alpha value is 0.360. The topological polar surface area (TPSA) is 0 Å². The third-order valence-electron chi connectivity index (χ3n) is 2.82. The van der Waals surface area contributed by atoms with Gasteiger partial charge >= 0.3 is 0 Å². The van der Waals surface area contributed by atoms with Gasteiger partial charge in [0.15, 0.2) is 0 Å². The van der Waals surface area contributed by atoms with Gasteiger partial charge in [-0.15, -0.1) is 7.92 Å². The van der Waals surface area contributed by atoms with Crippen LogP contribution in [0.5, 0.6) is 0 Å². The minimum atomic E-state index is -0.151. The summed E-state index contributed by atoms with van der Waals surface area (Å²) in [7, 11) is 0.00576. The third-order valence-corrected chi connectivity index (χ3v) is 5.58. The van der Waals surface area contributed by atoms with Gasteiger partial charge in [0.05, 0.1) is 6.67 Å². The van der Waals surface area contributed by atoms with E-state index in [0.29, 0.717) is 5.16 Å². The minimum absolute atomic E-state index is 0.00576. The SMILES string of the molecule is CCC(CC)(CCF)P(C)C. The number of alkyl halides is 1. The fraction of sp³-hybridized carbons (Fsp3) is 1.00. The molecule has 0 rings (SSSR count). The average Bonchev–Trinajstić information content (AvgIpc) is 2.00. The van der Waals surface area contributed by atoms with Gasteiger partial charge in [-0.2, -0.15) is 0 Å². The van der Waals surface area contributed by atoms with Crippen LogP contribution in [0.25, 0.3) is 0 Å². The molecule has 0 aromatic carbocycles. The lowest BCUT2D eigenvalue weighted by molar-refractivity contribution is 0.395. The molecule has 0 bridgehead atoms. The predicted molar refractivity (Wildman–Crippen MR) is 52.7 cm³/mol. The van der Waals surface area contributed by atoms with E-state index in [-0.39, 0.29) is 14.6 Å². The lowest BCUT2D eigenvalue weighted by atomic mass is 9.99. The van der Waals surface area contributed by atoms with Crippen molar-refractivity contribution >= 4 is 7.92 Å². The fourth-order valence-corrected chi connectivity index (χ4v) is 3.43. The molecule has 0 aromatic heterocycles. The summed E-state index contributed by atoms with van der Waals surface area (Å²) in [5, 5.41) is 0.323. The highest BCUT2D eigenvalue weighted by molar-refractivity contribution is 7.57. The first-order valence-corrected chi connectivity index (χ1v) is 6.60. The maximum atomic E-state index is 12.2. The van der Waals surface area contributed by atoms with Gasteiger partial charge in [0.1, 0.15) is 0 Å². The molecule has 11 heavy (non-hydrogen) atoms. The van der Waals surface area contributed by atoms with Crippen LogP contribution in [0, 0.1) is 0 Å². The minimum Gasteiger partial charge on any atom is -0.251 e. The van der Waals surface area contributed by atoms with Crippen molar-refractivity contribution in [3.63, 3.8) is 0 Å². The number of halogens is 1. The third kappa shape index (κ3) is 2.71. The molecule has 0 nitrogen and oxygen atoms in total. The fourth-order valence-electron chi connectivity index (χ4n) is 1.64. The normalized spacial score (nSPS) is 12.5. The van der Waals surface area contributed by atoms with E-state index in [9.17, 15) is 4.39 Å². The van der Waals surface area contributed by atoms with Crippen LogP contribution in [0.1, 0.15) is 33.1 Å². The van der Waals surface area contributed by atoms with Crippen LogP contribution in [0.15, 0.2) is 0 Å². The zero-order valence-electron chi connectivity index (χ0n) is 8.15. The van der Waals surface area contributed by atoms with E-state index in [1.165, 1.54) is 0 Å². The first-order chi connectivity index (χ1) is 5.13. The Balaban J connectivity index is 4.20. The smallest absolute Gasteiger partial charge is 0.0903 e. The molecular formula is C9H20FP. The molecule has 0 atom stereocenters. The van der Waals surface area contributed by atoms with Crippen LogP contribution in [0.3, 0.4) is 0 Å². The Morgan fingerprint density at radius 1 is 1.18 bits per heavy atom. The van der Waals surface area contributed by atoms with Gasteiger partial charge in [-0.05, 0) is 37.7 Å². The van der Waals surface area contributed by atoms with Gasteiger partial charge in [0.2, 0.25) is 0 Å². The van der Waals surface area contributed by atoms with E-state index in [1.807, 2.05) is 0 Å². The molecular weight excluding hydrogens is 158 g/mol. The molecule has 0 heterocycles. The van der Waals surface area contributed by atoms with E-state index in [0.717, 1.165) is 19.3 Å². The summed E-state index contributed by atoms with van der Waals surface area (Å²) in [6, 6.07) is 0. The second-order valence-electron chi connectivity index (χ2n) is 3.26. The summed E-state index contributed by atoms with van der Waals surface area (Å²) < 4.78 is 12.2. The summed E-state index contributed by atoms with van der Waals surface area (Å²) in [6.07, 6.45) is 3.02. The summed E-state index contributed by atoms with van der Waals surface area (Å²) in [5.41, 5.74) is 0. The highest BCUT2D eigenvalue weighted by atomic mass is 31.1. The van der Waals surface area contributed by atoms with Crippen molar-refractivity contribution in [1.29, 1.82) is 0 Å². The number of rotatable bonds is 5. The number of hydrogen-bond donors (Lipinski definition) is 0. The van der Waals surface area contributed by atoms with E-state index in [2.05, 4.69) is 27.2 Å². The maximum absolute atomic E-state index is 12.2. The molecule has 0 aromatic rings. The van der Waals surface area contributed by atoms with Gasteiger partial charge in [-0.25, -0.2) is 0 Å². The van der Waals surface area contributed by atoms with Crippen LogP contribution in [-0.4, -0.2) is 25.2 Å². The van der Waals surface area contributed by atoms with Gasteiger partial charge in [-0.3, -0.25) is 4.39 Å². The molecule has 0 radical (unpaired) electrons. The zero-order valence-corrected chi connectivity index (χ0v) is 9.05. The van der Waals surface area contributed by atoms with Crippen molar-refractivity contribution in [2.45, 2.75) is 38.3 Å². The van der Waals surface area contributed by atoms with Crippen LogP contribution in [0.4, 0.5) is 4.39 Å². The molecule has 68 valence electrons. The van der Waals surface area contributed by atoms with Crippen molar-refractivity contribution in [3.8, 4) is 0 Å². The van der Waals surface area contributed by atoms with Gasteiger partial charge in [0, 0.05) is 0 Å². The quantitative estimate of drug-likeness (QED) is 0.564. The van der Waals surface area contributed by atoms with Crippen LogP contribution in [0.2, 0.25) is 0 Å². The van der Waals surface area contributed by atoms with Crippen molar-refractivity contribution in [2.75, 3.05) is 20.0 Å². The Morgan fingerprint density at radius 2 is 1.64 bits per heavy atom. The van der Waals surface area contributed by atoms with Crippen LogP contribution in [-0.2, 0) is 0 Å². The van der Waals surface area contributed by atoms with Crippen LogP contribution >= 0.6 is 7.92 Å². The summed E-state index contributed by atoms with van der Waals surface area (Å²) in [6.45, 7) is 8.74. The summed E-state index contributed by atoms with van der Waals surface area (Å²) in [4.78, 5) is 0. The number of hydrogen-bond acceptors (Lipinski definition) is 0. The highest BCUT2D eigenvalue weighted by Gasteiger charge is 2.28. The van der Waals surface area contributed by atoms with Crippen LogP contribution < -0.4 is 0 Å². The monoisotopic (exact) mass is 178 g/mol. The van der Waals surface area contributed by atoms with Crippen molar-refractivity contribution in [2.24, 2.45) is 0 Å². The van der Waals surface area contributed by atoms with E-state index >= 15 is 0 Å². The Labute approximate surface area is 71.3 Å². The maximum Gasteiger partial charge on any atom is 0.0903 e. The van der Waals surface area contributed by atoms with Crippen molar-refractivity contribution in [3.05, 3.63) is 0 Å². The molecule has 0 spiro atoms. The predicted octanol–water partition coefficient (Wildman–Crippen LogP) is 3.65. The second kappa shape index (κ2) is 5.09. The summed E-state index contributed by atoms with van der Waals surface area (Å²) in [5.74, 6) is 0. The molecule has 0 saturated carbocycles. The Bertz CT molecular complexity index is 97.7. The molecule has 0 aliphatic carbocycles. The largest absolute Gasteiger partial charge is 0.251 e. The molecule has 0 aliphatic heterocycles. The zero-order chi connectivity index (χ0) is 8.91. The summed E-state index contributed by atoms with van der Waals surface area (Å²) >= 11 is 0. The van der Waals surface area contributed by atoms with Crippen molar-refractivity contribution in [1.82, 2.24) is 0 Å². The molecule has 0 fully saturated rings. The first-order valence-electron chi connectivity index (χ1n) is 4.36. The second-order valence-corrected chi connectivity index (χ2v) is 6.00. The molecule has 2 heteroatoms. The first kappa shape index (κ1) is 11.4. The van der Waals surface area contributed by atoms with Gasteiger partial charge < -0.3 is 0 Å². The average molecular weight is 178 g/mol. The molecule has 0 aliphatic rings. The lowest BCUT2D eigenvalue weighted by Gasteiger charge is -2.35. The Kier molecular flexibility index (Phi) is 5.25. The standard InChI is InChI=1S/C9H20FP/c1-5-9(6-2,7-8-10)11(3)4/h5-8H2,1-4H3. The highest BCUT2D eigenvalue weighted by Crippen LogP contribution is 2.50. The van der Waals surface area contributed by atoms with Crippen molar-refractivity contribution < 1.29 is 4.39 Å².